The van der Waals surface area contributed by atoms with E-state index in [-0.39, 0.29) is 5.91 Å². The van der Waals surface area contributed by atoms with Crippen LogP contribution in [0.3, 0.4) is 0 Å². The van der Waals surface area contributed by atoms with Crippen molar-refractivity contribution < 1.29 is 9.53 Å². The first-order valence-corrected chi connectivity index (χ1v) is 7.30. The molecule has 0 spiro atoms. The van der Waals surface area contributed by atoms with Crippen LogP contribution in [-0.2, 0) is 6.61 Å². The number of amides is 1. The zero-order valence-corrected chi connectivity index (χ0v) is 13.5. The number of halogens is 1. The summed E-state index contributed by atoms with van der Waals surface area (Å²) in [6, 6.07) is 11.3. The number of nitrogens with one attached hydrogen (secondary N) is 1. The normalized spacial score (nSPS) is 10.3. The predicted molar refractivity (Wildman–Crippen MR) is 86.0 cm³/mol. The highest BCUT2D eigenvalue weighted by Crippen LogP contribution is 2.22. The molecule has 0 unspecified atom stereocenters. The summed E-state index contributed by atoms with van der Waals surface area (Å²) in [5.74, 6) is 5.62. The standard InChI is InChI=1S/C16H17BrN2O2/c1-10-3-6-14(7-11(10)2)21-9-13-5-4-12(8-15(13)17)16(20)19-18/h3-8H,9,18H2,1-2H3,(H,19,20). The molecule has 110 valence electrons. The number of ether oxygens (including phenoxy) is 1. The largest absolute Gasteiger partial charge is 0.489 e. The Kier molecular flexibility index (Phi) is 4.98. The van der Waals surface area contributed by atoms with Gasteiger partial charge in [-0.15, -0.1) is 0 Å². The maximum Gasteiger partial charge on any atom is 0.265 e. The summed E-state index contributed by atoms with van der Waals surface area (Å²) in [7, 11) is 0. The van der Waals surface area contributed by atoms with Gasteiger partial charge in [0.05, 0.1) is 0 Å². The molecule has 21 heavy (non-hydrogen) atoms. The predicted octanol–water partition coefficient (Wildman–Crippen LogP) is 3.25. The molecular weight excluding hydrogens is 332 g/mol. The quantitative estimate of drug-likeness (QED) is 0.506. The van der Waals surface area contributed by atoms with E-state index < -0.39 is 0 Å². The third-order valence-electron chi connectivity index (χ3n) is 3.32. The smallest absolute Gasteiger partial charge is 0.265 e. The Morgan fingerprint density at radius 1 is 1.19 bits per heavy atom. The number of hydrazine groups is 1. The van der Waals surface area contributed by atoms with Crippen LogP contribution in [0.25, 0.3) is 0 Å². The number of nitrogen functional groups attached to an aromatic ring is 1. The first-order chi connectivity index (χ1) is 10.0. The second-order valence-electron chi connectivity index (χ2n) is 4.81. The van der Waals surface area contributed by atoms with Gasteiger partial charge in [0, 0.05) is 15.6 Å². The monoisotopic (exact) mass is 348 g/mol. The minimum absolute atomic E-state index is 0.322. The van der Waals surface area contributed by atoms with Crippen molar-refractivity contribution in [2.75, 3.05) is 0 Å². The zero-order chi connectivity index (χ0) is 15.4. The lowest BCUT2D eigenvalue weighted by atomic mass is 10.1. The maximum absolute atomic E-state index is 11.4. The Bertz CT molecular complexity index is 671. The minimum Gasteiger partial charge on any atom is -0.489 e. The molecule has 0 aliphatic rings. The Labute approximate surface area is 132 Å². The van der Waals surface area contributed by atoms with E-state index in [9.17, 15) is 4.79 Å². The lowest BCUT2D eigenvalue weighted by Crippen LogP contribution is -2.29. The molecule has 1 amide bonds. The summed E-state index contributed by atoms with van der Waals surface area (Å²) >= 11 is 3.44. The van der Waals surface area contributed by atoms with Crippen LogP contribution in [0.2, 0.25) is 0 Å². The van der Waals surface area contributed by atoms with Crippen molar-refractivity contribution in [1.29, 1.82) is 0 Å². The van der Waals surface area contributed by atoms with Gasteiger partial charge in [0.1, 0.15) is 12.4 Å². The van der Waals surface area contributed by atoms with E-state index in [0.717, 1.165) is 15.8 Å². The average Bonchev–Trinajstić information content (AvgIpc) is 2.48. The van der Waals surface area contributed by atoms with E-state index in [1.54, 1.807) is 12.1 Å². The number of hydrogen-bond donors (Lipinski definition) is 2. The second kappa shape index (κ2) is 6.74. The van der Waals surface area contributed by atoms with E-state index >= 15 is 0 Å². The van der Waals surface area contributed by atoms with Crippen LogP contribution in [0.15, 0.2) is 40.9 Å². The first-order valence-electron chi connectivity index (χ1n) is 6.50. The van der Waals surface area contributed by atoms with Crippen LogP contribution in [0.5, 0.6) is 5.75 Å². The van der Waals surface area contributed by atoms with Gasteiger partial charge < -0.3 is 4.74 Å². The van der Waals surface area contributed by atoms with Crippen molar-refractivity contribution in [2.45, 2.75) is 20.5 Å². The molecule has 2 aromatic rings. The molecule has 2 aromatic carbocycles. The van der Waals surface area contributed by atoms with E-state index in [4.69, 9.17) is 10.6 Å². The molecule has 2 rings (SSSR count). The zero-order valence-electron chi connectivity index (χ0n) is 11.9. The van der Waals surface area contributed by atoms with Gasteiger partial charge in [-0.25, -0.2) is 5.84 Å². The number of carbonyl (C=O) groups is 1. The van der Waals surface area contributed by atoms with Crippen molar-refractivity contribution >= 4 is 21.8 Å². The third-order valence-corrected chi connectivity index (χ3v) is 4.06. The molecule has 0 aliphatic carbocycles. The SMILES string of the molecule is Cc1ccc(OCc2ccc(C(=O)NN)cc2Br)cc1C. The number of aryl methyl sites for hydroxylation is 2. The molecule has 0 radical (unpaired) electrons. The summed E-state index contributed by atoms with van der Waals surface area (Å²) in [6.07, 6.45) is 0. The van der Waals surface area contributed by atoms with Crippen molar-refractivity contribution in [1.82, 2.24) is 5.43 Å². The van der Waals surface area contributed by atoms with Crippen LogP contribution in [0.4, 0.5) is 0 Å². The molecule has 0 atom stereocenters. The molecule has 0 heterocycles. The summed E-state index contributed by atoms with van der Waals surface area (Å²) in [6.45, 7) is 4.54. The third kappa shape index (κ3) is 3.83. The maximum atomic E-state index is 11.4. The van der Waals surface area contributed by atoms with Crippen LogP contribution in [0, 0.1) is 13.8 Å². The Morgan fingerprint density at radius 3 is 2.57 bits per heavy atom. The van der Waals surface area contributed by atoms with Gasteiger partial charge in [-0.05, 0) is 49.2 Å². The highest BCUT2D eigenvalue weighted by atomic mass is 79.9. The minimum atomic E-state index is -0.322. The Balaban J connectivity index is 2.09. The van der Waals surface area contributed by atoms with Gasteiger partial charge in [-0.1, -0.05) is 28.1 Å². The number of carbonyl (C=O) groups excluding carboxylic acids is 1. The van der Waals surface area contributed by atoms with Crippen molar-refractivity contribution in [3.05, 3.63) is 63.1 Å². The van der Waals surface area contributed by atoms with Gasteiger partial charge >= 0.3 is 0 Å². The highest BCUT2D eigenvalue weighted by Gasteiger charge is 2.08. The van der Waals surface area contributed by atoms with Crippen LogP contribution < -0.4 is 16.0 Å². The number of rotatable bonds is 4. The molecular formula is C16H17BrN2O2. The van der Waals surface area contributed by atoms with Gasteiger partial charge in [-0.2, -0.15) is 0 Å². The van der Waals surface area contributed by atoms with Gasteiger partial charge in [0.25, 0.3) is 5.91 Å². The topological polar surface area (TPSA) is 64.3 Å². The number of benzene rings is 2. The van der Waals surface area contributed by atoms with Gasteiger partial charge in [-0.3, -0.25) is 10.2 Å². The molecule has 0 saturated carbocycles. The highest BCUT2D eigenvalue weighted by molar-refractivity contribution is 9.10. The molecule has 0 saturated heterocycles. The molecule has 5 heteroatoms. The lowest BCUT2D eigenvalue weighted by Gasteiger charge is -2.10. The molecule has 0 fully saturated rings. The van der Waals surface area contributed by atoms with Gasteiger partial charge in [0.2, 0.25) is 0 Å². The van der Waals surface area contributed by atoms with Crippen molar-refractivity contribution in [3.8, 4) is 5.75 Å². The second-order valence-corrected chi connectivity index (χ2v) is 5.67. The van der Waals surface area contributed by atoms with Crippen LogP contribution in [0.1, 0.15) is 27.0 Å². The van der Waals surface area contributed by atoms with E-state index in [1.165, 1.54) is 11.1 Å². The lowest BCUT2D eigenvalue weighted by molar-refractivity contribution is 0.0953. The Morgan fingerprint density at radius 2 is 1.95 bits per heavy atom. The summed E-state index contributed by atoms with van der Waals surface area (Å²) in [5.41, 5.74) is 6.00. The fourth-order valence-corrected chi connectivity index (χ4v) is 2.35. The fourth-order valence-electron chi connectivity index (χ4n) is 1.85. The van der Waals surface area contributed by atoms with Gasteiger partial charge in [0.15, 0.2) is 0 Å². The van der Waals surface area contributed by atoms with E-state index in [0.29, 0.717) is 12.2 Å². The Hall–Kier alpha value is -1.85. The summed E-state index contributed by atoms with van der Waals surface area (Å²) in [4.78, 5) is 11.4. The van der Waals surface area contributed by atoms with E-state index in [1.807, 2.05) is 24.3 Å². The average molecular weight is 349 g/mol. The molecule has 3 N–H and O–H groups in total. The molecule has 0 aromatic heterocycles. The number of hydrogen-bond acceptors (Lipinski definition) is 3. The van der Waals surface area contributed by atoms with E-state index in [2.05, 4.69) is 35.2 Å². The number of nitrogens with two attached hydrogens (primary N) is 1. The summed E-state index contributed by atoms with van der Waals surface area (Å²) in [5, 5.41) is 0. The van der Waals surface area contributed by atoms with Crippen LogP contribution >= 0.6 is 15.9 Å². The molecule has 4 nitrogen and oxygen atoms in total. The first kappa shape index (κ1) is 15.5. The summed E-state index contributed by atoms with van der Waals surface area (Å²) < 4.78 is 6.59. The van der Waals surface area contributed by atoms with Crippen LogP contribution in [-0.4, -0.2) is 5.91 Å². The van der Waals surface area contributed by atoms with Crippen molar-refractivity contribution in [3.63, 3.8) is 0 Å². The fraction of sp³-hybridized carbons (Fsp3) is 0.188. The molecule has 0 bridgehead atoms. The molecule has 0 aliphatic heterocycles. The van der Waals surface area contributed by atoms with Crippen molar-refractivity contribution in [2.24, 2.45) is 5.84 Å².